The minimum atomic E-state index is -0.727. The molecule has 6 heteroatoms. The van der Waals surface area contributed by atoms with E-state index >= 15 is 0 Å². The summed E-state index contributed by atoms with van der Waals surface area (Å²) in [5, 5.41) is 0. The molecule has 0 aliphatic rings. The molecule has 0 atom stereocenters. The fourth-order valence-electron chi connectivity index (χ4n) is 3.49. The summed E-state index contributed by atoms with van der Waals surface area (Å²) in [5.74, 6) is 1.03. The lowest BCUT2D eigenvalue weighted by molar-refractivity contribution is 0.120. The molecule has 2 rings (SSSR count). The van der Waals surface area contributed by atoms with Crippen molar-refractivity contribution in [3.05, 3.63) is 58.7 Å². The van der Waals surface area contributed by atoms with Gasteiger partial charge < -0.3 is 18.9 Å². The zero-order valence-corrected chi connectivity index (χ0v) is 19.2. The first-order valence-corrected chi connectivity index (χ1v) is 10.5. The van der Waals surface area contributed by atoms with Gasteiger partial charge in [0.25, 0.3) is 0 Å². The van der Waals surface area contributed by atoms with Gasteiger partial charge in [0.15, 0.2) is 0 Å². The maximum Gasteiger partial charge on any atom is 0.513 e. The van der Waals surface area contributed by atoms with Crippen molar-refractivity contribution < 1.29 is 28.5 Å². The number of carbonyl (C=O) groups excluding carboxylic acids is 2. The molecule has 0 aliphatic carbocycles. The van der Waals surface area contributed by atoms with Crippen LogP contribution >= 0.6 is 0 Å². The van der Waals surface area contributed by atoms with E-state index in [-0.39, 0.29) is 5.41 Å². The molecule has 31 heavy (non-hydrogen) atoms. The average molecular weight is 429 g/mol. The normalized spacial score (nSPS) is 11.0. The molecule has 0 heterocycles. The maximum absolute atomic E-state index is 11.6. The van der Waals surface area contributed by atoms with Gasteiger partial charge in [-0.1, -0.05) is 64.8 Å². The molecule has 0 aromatic heterocycles. The second-order valence-corrected chi connectivity index (χ2v) is 7.88. The number of rotatable bonds is 8. The molecule has 0 bridgehead atoms. The fourth-order valence-corrected chi connectivity index (χ4v) is 3.49. The van der Waals surface area contributed by atoms with Crippen LogP contribution in [-0.4, -0.2) is 26.5 Å². The summed E-state index contributed by atoms with van der Waals surface area (Å²) in [5.41, 5.74) is 3.78. The van der Waals surface area contributed by atoms with Crippen LogP contribution in [0.1, 0.15) is 62.8 Å². The minimum absolute atomic E-state index is 0.321. The van der Waals surface area contributed by atoms with Crippen molar-refractivity contribution in [1.29, 1.82) is 0 Å². The summed E-state index contributed by atoms with van der Waals surface area (Å²) < 4.78 is 19.9. The van der Waals surface area contributed by atoms with Crippen molar-refractivity contribution in [2.24, 2.45) is 0 Å². The largest absolute Gasteiger partial charge is 0.513 e. The third kappa shape index (κ3) is 6.00. The van der Waals surface area contributed by atoms with Gasteiger partial charge in [-0.05, 0) is 47.2 Å². The standard InChI is InChI=1S/C25H32O6/c1-7-9-17-15-19(11-13-21(17)30-23(26)28-5)25(3,4)20-12-14-22(31-24(27)29-6)18(16-20)10-8-2/h11-16H,7-10H2,1-6H3. The van der Waals surface area contributed by atoms with Crippen molar-refractivity contribution in [2.45, 2.75) is 58.8 Å². The van der Waals surface area contributed by atoms with Crippen LogP contribution in [0.2, 0.25) is 0 Å². The highest BCUT2D eigenvalue weighted by molar-refractivity contribution is 5.65. The molecule has 0 N–H and O–H groups in total. The predicted molar refractivity (Wildman–Crippen MR) is 119 cm³/mol. The van der Waals surface area contributed by atoms with E-state index in [0.717, 1.165) is 47.9 Å². The van der Waals surface area contributed by atoms with E-state index in [9.17, 15) is 9.59 Å². The molecule has 2 aromatic rings. The molecule has 6 nitrogen and oxygen atoms in total. The summed E-state index contributed by atoms with van der Waals surface area (Å²) in [6, 6.07) is 11.7. The molecular weight excluding hydrogens is 396 g/mol. The molecule has 0 amide bonds. The van der Waals surface area contributed by atoms with E-state index in [1.807, 2.05) is 24.3 Å². The lowest BCUT2D eigenvalue weighted by atomic mass is 9.76. The van der Waals surface area contributed by atoms with Crippen LogP contribution < -0.4 is 9.47 Å². The van der Waals surface area contributed by atoms with Gasteiger partial charge >= 0.3 is 12.3 Å². The van der Waals surface area contributed by atoms with E-state index in [1.165, 1.54) is 14.2 Å². The lowest BCUT2D eigenvalue weighted by Gasteiger charge is -2.28. The molecule has 0 spiro atoms. The Morgan fingerprint density at radius 1 is 0.742 bits per heavy atom. The van der Waals surface area contributed by atoms with Crippen molar-refractivity contribution in [3.63, 3.8) is 0 Å². The minimum Gasteiger partial charge on any atom is -0.437 e. The third-order valence-corrected chi connectivity index (χ3v) is 5.32. The molecule has 0 radical (unpaired) electrons. The van der Waals surface area contributed by atoms with Crippen LogP contribution in [0.25, 0.3) is 0 Å². The number of carbonyl (C=O) groups is 2. The lowest BCUT2D eigenvalue weighted by Crippen LogP contribution is -2.20. The van der Waals surface area contributed by atoms with Crippen molar-refractivity contribution in [2.75, 3.05) is 14.2 Å². The van der Waals surface area contributed by atoms with Gasteiger partial charge in [-0.15, -0.1) is 0 Å². The SMILES string of the molecule is CCCc1cc(C(C)(C)c2ccc(OC(=O)OC)c(CCC)c2)ccc1OC(=O)OC. The van der Waals surface area contributed by atoms with E-state index in [1.54, 1.807) is 0 Å². The Labute approximate surface area is 184 Å². The second-order valence-electron chi connectivity index (χ2n) is 7.88. The Kier molecular flexibility index (Phi) is 8.48. The van der Waals surface area contributed by atoms with Crippen LogP contribution in [0.5, 0.6) is 11.5 Å². The summed E-state index contributed by atoms with van der Waals surface area (Å²) in [7, 11) is 2.58. The number of benzene rings is 2. The molecule has 0 unspecified atom stereocenters. The van der Waals surface area contributed by atoms with Crippen molar-refractivity contribution in [1.82, 2.24) is 0 Å². The van der Waals surface area contributed by atoms with E-state index in [0.29, 0.717) is 11.5 Å². The molecule has 2 aromatic carbocycles. The van der Waals surface area contributed by atoms with E-state index in [2.05, 4.69) is 49.3 Å². The van der Waals surface area contributed by atoms with Gasteiger partial charge in [-0.3, -0.25) is 0 Å². The highest BCUT2D eigenvalue weighted by Crippen LogP contribution is 2.37. The van der Waals surface area contributed by atoms with Gasteiger partial charge in [0.05, 0.1) is 14.2 Å². The Morgan fingerprint density at radius 2 is 1.13 bits per heavy atom. The van der Waals surface area contributed by atoms with Gasteiger partial charge in [0.2, 0.25) is 0 Å². The summed E-state index contributed by atoms with van der Waals surface area (Å²) in [4.78, 5) is 23.2. The van der Waals surface area contributed by atoms with Crippen LogP contribution in [0, 0.1) is 0 Å². The molecule has 0 aliphatic heterocycles. The third-order valence-electron chi connectivity index (χ3n) is 5.32. The Morgan fingerprint density at radius 3 is 1.45 bits per heavy atom. The Balaban J connectivity index is 2.45. The molecule has 0 fully saturated rings. The number of hydrogen-bond acceptors (Lipinski definition) is 6. The molecule has 168 valence electrons. The van der Waals surface area contributed by atoms with Gasteiger partial charge in [0.1, 0.15) is 11.5 Å². The van der Waals surface area contributed by atoms with Gasteiger partial charge in [-0.25, -0.2) is 9.59 Å². The molecular formula is C25H32O6. The van der Waals surface area contributed by atoms with Gasteiger partial charge in [0, 0.05) is 5.41 Å². The zero-order chi connectivity index (χ0) is 23.0. The summed E-state index contributed by atoms with van der Waals surface area (Å²) in [6.07, 6.45) is 1.94. The molecule has 0 saturated carbocycles. The van der Waals surface area contributed by atoms with E-state index in [4.69, 9.17) is 9.47 Å². The summed E-state index contributed by atoms with van der Waals surface area (Å²) in [6.45, 7) is 8.45. The molecule has 0 saturated heterocycles. The average Bonchev–Trinajstić information content (AvgIpc) is 2.76. The number of methoxy groups -OCH3 is 2. The maximum atomic E-state index is 11.6. The van der Waals surface area contributed by atoms with Crippen LogP contribution in [0.4, 0.5) is 9.59 Å². The first kappa shape index (κ1) is 24.3. The summed E-state index contributed by atoms with van der Waals surface area (Å²) >= 11 is 0. The fraction of sp³-hybridized carbons (Fsp3) is 0.440. The number of ether oxygens (including phenoxy) is 4. The second kappa shape index (κ2) is 10.8. The monoisotopic (exact) mass is 428 g/mol. The van der Waals surface area contributed by atoms with Crippen LogP contribution in [-0.2, 0) is 27.7 Å². The van der Waals surface area contributed by atoms with E-state index < -0.39 is 12.3 Å². The van der Waals surface area contributed by atoms with Crippen molar-refractivity contribution >= 4 is 12.3 Å². The topological polar surface area (TPSA) is 71.1 Å². The van der Waals surface area contributed by atoms with Crippen molar-refractivity contribution in [3.8, 4) is 11.5 Å². The predicted octanol–water partition coefficient (Wildman–Crippen LogP) is 6.21. The first-order valence-electron chi connectivity index (χ1n) is 10.5. The van der Waals surface area contributed by atoms with Gasteiger partial charge in [-0.2, -0.15) is 0 Å². The van der Waals surface area contributed by atoms with Crippen LogP contribution in [0.15, 0.2) is 36.4 Å². The Bertz CT molecular complexity index is 843. The quantitative estimate of drug-likeness (QED) is 0.368. The smallest absolute Gasteiger partial charge is 0.437 e. The zero-order valence-electron chi connectivity index (χ0n) is 19.2. The number of aryl methyl sites for hydroxylation is 2. The highest BCUT2D eigenvalue weighted by atomic mass is 16.7. The highest BCUT2D eigenvalue weighted by Gasteiger charge is 2.26. The Hall–Kier alpha value is -3.02. The number of hydrogen-bond donors (Lipinski definition) is 0. The first-order chi connectivity index (χ1) is 14.8. The van der Waals surface area contributed by atoms with Crippen LogP contribution in [0.3, 0.4) is 0 Å².